The summed E-state index contributed by atoms with van der Waals surface area (Å²) in [5.74, 6) is 0.554. The van der Waals surface area contributed by atoms with Gasteiger partial charge in [0.25, 0.3) is 0 Å². The highest BCUT2D eigenvalue weighted by Crippen LogP contribution is 2.32. The van der Waals surface area contributed by atoms with Gasteiger partial charge in [-0.1, -0.05) is 0 Å². The van der Waals surface area contributed by atoms with E-state index >= 15 is 0 Å². The Hall–Kier alpha value is -2.50. The van der Waals surface area contributed by atoms with Crippen molar-refractivity contribution in [2.75, 3.05) is 14.2 Å². The van der Waals surface area contributed by atoms with Crippen LogP contribution in [0.1, 0.15) is 5.69 Å². The van der Waals surface area contributed by atoms with Crippen LogP contribution in [0, 0.1) is 0 Å². The Labute approximate surface area is 109 Å². The molecule has 0 fully saturated rings. The standard InChI is InChI=1S/C13H13NO5/c1-17-9-3-4-10(11(6-9)18-2)13-14-8(7-19-13)5-12(15)16/h3-4,6-7H,5H2,1-2H3,(H,15,16). The molecule has 0 radical (unpaired) electrons. The van der Waals surface area contributed by atoms with Gasteiger partial charge in [-0.2, -0.15) is 0 Å². The van der Waals surface area contributed by atoms with E-state index < -0.39 is 5.97 Å². The zero-order chi connectivity index (χ0) is 13.8. The summed E-state index contributed by atoms with van der Waals surface area (Å²) >= 11 is 0. The van der Waals surface area contributed by atoms with E-state index in [0.29, 0.717) is 28.6 Å². The summed E-state index contributed by atoms with van der Waals surface area (Å²) in [4.78, 5) is 14.7. The highest BCUT2D eigenvalue weighted by atomic mass is 16.5. The monoisotopic (exact) mass is 263 g/mol. The predicted molar refractivity (Wildman–Crippen MR) is 66.4 cm³/mol. The predicted octanol–water partition coefficient (Wildman–Crippen LogP) is 1.99. The maximum Gasteiger partial charge on any atom is 0.309 e. The first-order valence-corrected chi connectivity index (χ1v) is 5.52. The van der Waals surface area contributed by atoms with Crippen molar-refractivity contribution in [1.82, 2.24) is 4.98 Å². The molecule has 0 amide bonds. The minimum atomic E-state index is -0.957. The molecule has 19 heavy (non-hydrogen) atoms. The Kier molecular flexibility index (Phi) is 3.70. The van der Waals surface area contributed by atoms with Gasteiger partial charge in [-0.05, 0) is 12.1 Å². The number of aliphatic carboxylic acids is 1. The van der Waals surface area contributed by atoms with Crippen LogP contribution in [0.3, 0.4) is 0 Å². The normalized spacial score (nSPS) is 10.2. The number of oxazole rings is 1. The third-order valence-electron chi connectivity index (χ3n) is 2.52. The molecule has 6 nitrogen and oxygen atoms in total. The lowest BCUT2D eigenvalue weighted by Gasteiger charge is -2.07. The summed E-state index contributed by atoms with van der Waals surface area (Å²) in [6, 6.07) is 5.20. The largest absolute Gasteiger partial charge is 0.497 e. The second kappa shape index (κ2) is 5.43. The molecule has 1 N–H and O–H groups in total. The van der Waals surface area contributed by atoms with E-state index in [1.165, 1.54) is 13.4 Å². The fourth-order valence-electron chi connectivity index (χ4n) is 1.64. The van der Waals surface area contributed by atoms with E-state index in [2.05, 4.69) is 4.98 Å². The van der Waals surface area contributed by atoms with Crippen LogP contribution in [0.25, 0.3) is 11.5 Å². The summed E-state index contributed by atoms with van der Waals surface area (Å²) in [5, 5.41) is 8.69. The van der Waals surface area contributed by atoms with Gasteiger partial charge in [-0.15, -0.1) is 0 Å². The highest BCUT2D eigenvalue weighted by molar-refractivity contribution is 5.70. The average molecular weight is 263 g/mol. The summed E-state index contributed by atoms with van der Waals surface area (Å²) < 4.78 is 15.6. The van der Waals surface area contributed by atoms with Gasteiger partial charge >= 0.3 is 5.97 Å². The van der Waals surface area contributed by atoms with Crippen LogP contribution in [-0.4, -0.2) is 30.3 Å². The second-order valence-corrected chi connectivity index (χ2v) is 3.78. The van der Waals surface area contributed by atoms with E-state index in [4.69, 9.17) is 19.0 Å². The van der Waals surface area contributed by atoms with Crippen molar-refractivity contribution in [3.8, 4) is 23.0 Å². The smallest absolute Gasteiger partial charge is 0.309 e. The van der Waals surface area contributed by atoms with Crippen LogP contribution >= 0.6 is 0 Å². The van der Waals surface area contributed by atoms with E-state index in [0.717, 1.165) is 0 Å². The number of nitrogens with zero attached hydrogens (tertiary/aromatic N) is 1. The summed E-state index contributed by atoms with van der Waals surface area (Å²) in [6.07, 6.45) is 1.15. The van der Waals surface area contributed by atoms with Gasteiger partial charge in [0.15, 0.2) is 0 Å². The summed E-state index contributed by atoms with van der Waals surface area (Å²) in [5.41, 5.74) is 1.00. The van der Waals surface area contributed by atoms with E-state index in [-0.39, 0.29) is 6.42 Å². The minimum absolute atomic E-state index is 0.179. The molecule has 0 aliphatic carbocycles. The van der Waals surface area contributed by atoms with Crippen LogP contribution in [0.5, 0.6) is 11.5 Å². The van der Waals surface area contributed by atoms with Crippen molar-refractivity contribution < 1.29 is 23.8 Å². The van der Waals surface area contributed by atoms with E-state index in [1.54, 1.807) is 25.3 Å². The number of carboxylic acids is 1. The molecular formula is C13H13NO5. The van der Waals surface area contributed by atoms with Gasteiger partial charge in [0.1, 0.15) is 17.8 Å². The third-order valence-corrected chi connectivity index (χ3v) is 2.52. The molecule has 0 aliphatic heterocycles. The molecule has 0 saturated heterocycles. The number of aromatic nitrogens is 1. The minimum Gasteiger partial charge on any atom is -0.497 e. The van der Waals surface area contributed by atoms with Crippen molar-refractivity contribution in [1.29, 1.82) is 0 Å². The Bertz CT molecular complexity index is 590. The molecular weight excluding hydrogens is 250 g/mol. The van der Waals surface area contributed by atoms with Gasteiger partial charge in [-0.25, -0.2) is 4.98 Å². The molecule has 0 atom stereocenters. The first kappa shape index (κ1) is 12.9. The first-order valence-electron chi connectivity index (χ1n) is 5.52. The van der Waals surface area contributed by atoms with Gasteiger partial charge in [0.05, 0.1) is 31.9 Å². The number of hydrogen-bond donors (Lipinski definition) is 1. The number of ether oxygens (including phenoxy) is 2. The topological polar surface area (TPSA) is 81.8 Å². The summed E-state index contributed by atoms with van der Waals surface area (Å²) in [7, 11) is 3.09. The SMILES string of the molecule is COc1ccc(-c2nc(CC(=O)O)co2)c(OC)c1. The Balaban J connectivity index is 2.35. The number of carbonyl (C=O) groups is 1. The lowest BCUT2D eigenvalue weighted by atomic mass is 10.2. The van der Waals surface area contributed by atoms with E-state index in [1.807, 2.05) is 0 Å². The Morgan fingerprint density at radius 2 is 2.16 bits per heavy atom. The van der Waals surface area contributed by atoms with Gasteiger partial charge < -0.3 is 19.0 Å². The van der Waals surface area contributed by atoms with Crippen molar-refractivity contribution in [2.45, 2.75) is 6.42 Å². The molecule has 100 valence electrons. The molecule has 0 bridgehead atoms. The Morgan fingerprint density at radius 1 is 1.37 bits per heavy atom. The van der Waals surface area contributed by atoms with Crippen molar-refractivity contribution >= 4 is 5.97 Å². The molecule has 0 spiro atoms. The number of benzene rings is 1. The number of methoxy groups -OCH3 is 2. The lowest BCUT2D eigenvalue weighted by molar-refractivity contribution is -0.136. The lowest BCUT2D eigenvalue weighted by Crippen LogP contribution is -2.00. The van der Waals surface area contributed by atoms with Crippen molar-refractivity contribution in [3.05, 3.63) is 30.2 Å². The van der Waals surface area contributed by atoms with Crippen molar-refractivity contribution in [3.63, 3.8) is 0 Å². The Morgan fingerprint density at radius 3 is 2.79 bits per heavy atom. The molecule has 1 heterocycles. The molecule has 6 heteroatoms. The number of rotatable bonds is 5. The molecule has 1 aromatic carbocycles. The second-order valence-electron chi connectivity index (χ2n) is 3.78. The molecule has 0 aliphatic rings. The maximum absolute atomic E-state index is 10.6. The maximum atomic E-state index is 10.6. The first-order chi connectivity index (χ1) is 9.13. The van der Waals surface area contributed by atoms with Gasteiger partial charge in [0, 0.05) is 6.07 Å². The average Bonchev–Trinajstić information content (AvgIpc) is 2.85. The van der Waals surface area contributed by atoms with Crippen LogP contribution in [0.4, 0.5) is 0 Å². The van der Waals surface area contributed by atoms with Crippen LogP contribution in [0.15, 0.2) is 28.9 Å². The fourth-order valence-corrected chi connectivity index (χ4v) is 1.64. The molecule has 2 aromatic rings. The quantitative estimate of drug-likeness (QED) is 0.888. The third kappa shape index (κ3) is 2.85. The zero-order valence-electron chi connectivity index (χ0n) is 10.5. The molecule has 0 saturated carbocycles. The number of hydrogen-bond acceptors (Lipinski definition) is 5. The molecule has 0 unspecified atom stereocenters. The van der Waals surface area contributed by atoms with Gasteiger partial charge in [-0.3, -0.25) is 4.79 Å². The highest BCUT2D eigenvalue weighted by Gasteiger charge is 2.14. The van der Waals surface area contributed by atoms with Crippen LogP contribution < -0.4 is 9.47 Å². The fraction of sp³-hybridized carbons (Fsp3) is 0.231. The van der Waals surface area contributed by atoms with Gasteiger partial charge in [0.2, 0.25) is 5.89 Å². The molecule has 1 aromatic heterocycles. The van der Waals surface area contributed by atoms with Crippen molar-refractivity contribution in [2.24, 2.45) is 0 Å². The zero-order valence-corrected chi connectivity index (χ0v) is 10.5. The molecule has 2 rings (SSSR count). The van der Waals surface area contributed by atoms with E-state index in [9.17, 15) is 4.79 Å². The number of carboxylic acid groups (broad SMARTS) is 1. The van der Waals surface area contributed by atoms with Crippen LogP contribution in [-0.2, 0) is 11.2 Å². The van der Waals surface area contributed by atoms with Crippen LogP contribution in [0.2, 0.25) is 0 Å². The summed E-state index contributed by atoms with van der Waals surface area (Å²) in [6.45, 7) is 0.